The number of nitrogens with zero attached hydrogens (tertiary/aromatic N) is 6. The lowest BCUT2D eigenvalue weighted by molar-refractivity contribution is -0.135. The Morgan fingerprint density at radius 3 is 1.24 bits per heavy atom. The van der Waals surface area contributed by atoms with Crippen LogP contribution in [0.4, 0.5) is 0 Å². The van der Waals surface area contributed by atoms with Crippen LogP contribution in [0, 0.1) is 20.8 Å². The van der Waals surface area contributed by atoms with Crippen LogP contribution in [0.25, 0.3) is 12.2 Å². The highest BCUT2D eigenvalue weighted by molar-refractivity contribution is 7.07. The van der Waals surface area contributed by atoms with Gasteiger partial charge in [0.1, 0.15) is 4.88 Å². The number of methoxy groups -OCH3 is 2. The van der Waals surface area contributed by atoms with Crippen LogP contribution in [-0.2, 0) is 19.1 Å². The van der Waals surface area contributed by atoms with Crippen molar-refractivity contribution in [3.8, 4) is 0 Å². The molecule has 0 aromatic carbocycles. The molecule has 0 saturated heterocycles. The minimum absolute atomic E-state index is 0. The summed E-state index contributed by atoms with van der Waals surface area (Å²) in [7, 11) is 2.68. The van der Waals surface area contributed by atoms with Gasteiger partial charge in [-0.05, 0) is 67.5 Å². The Hall–Kier alpha value is -3.23. The van der Waals surface area contributed by atoms with E-state index in [4.69, 9.17) is 0 Å². The SMILES string of the molecule is C.COC(=O)/C=C/c1snnc1C.COC(=O)/C=C\c1snnc1C.Cc1nnsc1C=O. The molecule has 178 valence electrons. The summed E-state index contributed by atoms with van der Waals surface area (Å²) in [5, 5.41) is 11.2. The van der Waals surface area contributed by atoms with Gasteiger partial charge in [0.05, 0.1) is 41.1 Å². The van der Waals surface area contributed by atoms with Gasteiger partial charge in [0.2, 0.25) is 0 Å². The minimum Gasteiger partial charge on any atom is -0.466 e. The molecule has 0 bridgehead atoms. The molecule has 0 aliphatic heterocycles. The van der Waals surface area contributed by atoms with Crippen LogP contribution in [0.5, 0.6) is 0 Å². The Morgan fingerprint density at radius 2 is 1.03 bits per heavy atom. The molecule has 0 amide bonds. The molecule has 3 heterocycles. The van der Waals surface area contributed by atoms with Gasteiger partial charge in [-0.3, -0.25) is 4.79 Å². The highest BCUT2D eigenvalue weighted by atomic mass is 32.1. The van der Waals surface area contributed by atoms with E-state index in [0.717, 1.165) is 39.0 Å². The molecule has 11 nitrogen and oxygen atoms in total. The molecular formula is C19H24N6O5S3. The molecular weight excluding hydrogens is 488 g/mol. The Kier molecular flexibility index (Phi) is 14.8. The highest BCUT2D eigenvalue weighted by Crippen LogP contribution is 2.11. The Morgan fingerprint density at radius 1 is 0.697 bits per heavy atom. The van der Waals surface area contributed by atoms with Gasteiger partial charge in [-0.2, -0.15) is 0 Å². The van der Waals surface area contributed by atoms with Crippen molar-refractivity contribution in [1.29, 1.82) is 0 Å². The van der Waals surface area contributed by atoms with Gasteiger partial charge >= 0.3 is 11.9 Å². The third-order valence-electron chi connectivity index (χ3n) is 3.31. The van der Waals surface area contributed by atoms with Crippen LogP contribution in [0.3, 0.4) is 0 Å². The fraction of sp³-hybridized carbons (Fsp3) is 0.316. The van der Waals surface area contributed by atoms with Gasteiger partial charge < -0.3 is 9.47 Å². The molecule has 0 aliphatic rings. The van der Waals surface area contributed by atoms with Crippen molar-refractivity contribution in [3.63, 3.8) is 0 Å². The van der Waals surface area contributed by atoms with E-state index in [1.165, 1.54) is 49.4 Å². The number of hydrogen-bond acceptors (Lipinski definition) is 14. The van der Waals surface area contributed by atoms with E-state index in [0.29, 0.717) is 10.6 Å². The average Bonchev–Trinajstić information content (AvgIpc) is 3.52. The summed E-state index contributed by atoms with van der Waals surface area (Å²) in [6, 6.07) is 0. The fourth-order valence-electron chi connectivity index (χ4n) is 1.56. The zero-order valence-corrected chi connectivity index (χ0v) is 20.3. The number of aryl methyl sites for hydroxylation is 3. The van der Waals surface area contributed by atoms with E-state index >= 15 is 0 Å². The molecule has 0 unspecified atom stereocenters. The largest absolute Gasteiger partial charge is 0.466 e. The third kappa shape index (κ3) is 11.3. The molecule has 3 rings (SSSR count). The highest BCUT2D eigenvalue weighted by Gasteiger charge is 2.00. The molecule has 0 spiro atoms. The van der Waals surface area contributed by atoms with Crippen molar-refractivity contribution in [2.75, 3.05) is 14.2 Å². The van der Waals surface area contributed by atoms with Crippen LogP contribution in [-0.4, -0.2) is 61.2 Å². The lowest BCUT2D eigenvalue weighted by Gasteiger charge is -1.88. The summed E-state index contributed by atoms with van der Waals surface area (Å²) in [5.41, 5.74) is 2.35. The Balaban J connectivity index is 0.000000468. The first-order chi connectivity index (χ1) is 15.3. The maximum atomic E-state index is 10.7. The van der Waals surface area contributed by atoms with Crippen LogP contribution in [0.2, 0.25) is 0 Å². The monoisotopic (exact) mass is 512 g/mol. The lowest BCUT2D eigenvalue weighted by atomic mass is 10.3. The molecule has 0 atom stereocenters. The first-order valence-corrected chi connectivity index (χ1v) is 11.0. The van der Waals surface area contributed by atoms with Crippen LogP contribution in [0.1, 0.15) is 43.9 Å². The molecule has 0 N–H and O–H groups in total. The summed E-state index contributed by atoms with van der Waals surface area (Å²) in [6.45, 7) is 5.42. The summed E-state index contributed by atoms with van der Waals surface area (Å²) in [4.78, 5) is 33.7. The third-order valence-corrected chi connectivity index (χ3v) is 5.65. The summed E-state index contributed by atoms with van der Waals surface area (Å²) < 4.78 is 19.8. The van der Waals surface area contributed by atoms with Gasteiger partial charge in [0.25, 0.3) is 0 Å². The van der Waals surface area contributed by atoms with Crippen molar-refractivity contribution in [2.45, 2.75) is 28.2 Å². The number of aldehydes is 1. The quantitative estimate of drug-likeness (QED) is 0.281. The molecule has 33 heavy (non-hydrogen) atoms. The smallest absolute Gasteiger partial charge is 0.330 e. The van der Waals surface area contributed by atoms with Crippen LogP contribution in [0.15, 0.2) is 12.2 Å². The maximum Gasteiger partial charge on any atom is 0.330 e. The van der Waals surface area contributed by atoms with E-state index < -0.39 is 0 Å². The second-order valence-electron chi connectivity index (χ2n) is 5.50. The zero-order valence-electron chi connectivity index (χ0n) is 17.8. The molecule has 0 aliphatic carbocycles. The summed E-state index contributed by atoms with van der Waals surface area (Å²) in [5.74, 6) is -0.745. The number of rotatable bonds is 5. The predicted octanol–water partition coefficient (Wildman–Crippen LogP) is 3.36. The number of esters is 2. The Labute approximate surface area is 203 Å². The van der Waals surface area contributed by atoms with E-state index in [9.17, 15) is 14.4 Å². The van der Waals surface area contributed by atoms with Crippen molar-refractivity contribution >= 4 is 65.0 Å². The first kappa shape index (κ1) is 29.8. The summed E-state index contributed by atoms with van der Waals surface area (Å²) in [6.07, 6.45) is 6.75. The average molecular weight is 513 g/mol. The van der Waals surface area contributed by atoms with Crippen LogP contribution < -0.4 is 0 Å². The number of hydrogen-bond donors (Lipinski definition) is 0. The normalized spacial score (nSPS) is 9.85. The summed E-state index contributed by atoms with van der Waals surface area (Å²) >= 11 is 3.61. The number of aromatic nitrogens is 6. The zero-order chi connectivity index (χ0) is 23.9. The minimum atomic E-state index is -0.372. The molecule has 0 saturated carbocycles. The molecule has 3 aromatic rings. The van der Waals surface area contributed by atoms with E-state index in [-0.39, 0.29) is 19.4 Å². The van der Waals surface area contributed by atoms with Gasteiger partial charge in [0.15, 0.2) is 6.29 Å². The van der Waals surface area contributed by atoms with E-state index in [2.05, 4.69) is 38.2 Å². The van der Waals surface area contributed by atoms with E-state index in [1.807, 2.05) is 13.8 Å². The second-order valence-corrected chi connectivity index (χ2v) is 7.86. The maximum absolute atomic E-state index is 10.7. The number of ether oxygens (including phenoxy) is 2. The standard InChI is InChI=1S/2C7H8N2O2S.C4H4N2OS.CH4/c2*1-5-6(12-9-8-5)3-4-7(10)11-2;1-3-4(2-7)8-6-5-3;/h2*3-4H,1-2H3;2H,1H3;1H4/b4-3+;4-3-;;. The lowest BCUT2D eigenvalue weighted by Crippen LogP contribution is -1.93. The van der Waals surface area contributed by atoms with Gasteiger partial charge in [-0.15, -0.1) is 15.3 Å². The van der Waals surface area contributed by atoms with Gasteiger partial charge in [-0.25, -0.2) is 9.59 Å². The predicted molar refractivity (Wildman–Crippen MR) is 128 cm³/mol. The molecule has 3 aromatic heterocycles. The van der Waals surface area contributed by atoms with Crippen molar-refractivity contribution in [3.05, 3.63) is 43.9 Å². The molecule has 0 radical (unpaired) electrons. The number of carbonyl (C=O) groups is 3. The van der Waals surface area contributed by atoms with Gasteiger partial charge in [0, 0.05) is 12.2 Å². The molecule has 14 heteroatoms. The van der Waals surface area contributed by atoms with Crippen molar-refractivity contribution in [1.82, 2.24) is 28.8 Å². The van der Waals surface area contributed by atoms with E-state index in [1.54, 1.807) is 19.1 Å². The van der Waals surface area contributed by atoms with Crippen molar-refractivity contribution in [2.24, 2.45) is 0 Å². The second kappa shape index (κ2) is 16.4. The topological polar surface area (TPSA) is 147 Å². The number of carbonyl (C=O) groups excluding carboxylic acids is 3. The first-order valence-electron chi connectivity index (χ1n) is 8.66. The van der Waals surface area contributed by atoms with Gasteiger partial charge in [-0.1, -0.05) is 20.9 Å². The Bertz CT molecular complexity index is 1010. The molecule has 0 fully saturated rings. The van der Waals surface area contributed by atoms with Crippen molar-refractivity contribution < 1.29 is 23.9 Å². The van der Waals surface area contributed by atoms with Crippen LogP contribution >= 0.6 is 34.6 Å². The fourth-order valence-corrected chi connectivity index (χ4v) is 3.13.